The van der Waals surface area contributed by atoms with E-state index >= 15 is 0 Å². The number of fused-ring (bicyclic) bond motifs is 1. The van der Waals surface area contributed by atoms with Crippen LogP contribution >= 0.6 is 31.9 Å². The number of anilines is 1. The molecule has 0 fully saturated rings. The molecule has 0 radical (unpaired) electrons. The van der Waals surface area contributed by atoms with Gasteiger partial charge in [0.25, 0.3) is 0 Å². The van der Waals surface area contributed by atoms with Gasteiger partial charge in [-0.15, -0.1) is 0 Å². The average molecular weight is 336 g/mol. The molecule has 15 heavy (non-hydrogen) atoms. The third kappa shape index (κ3) is 2.28. The van der Waals surface area contributed by atoms with Crippen molar-refractivity contribution in [3.63, 3.8) is 0 Å². The molecule has 0 spiro atoms. The maximum atomic E-state index is 5.61. The standard InChI is InChI=1S/C10H12Br2N2O/c1-2-3-14-4-5-15-9-7(14)6-8(11)13-10(9)12/h6H,2-5H2,1H3. The van der Waals surface area contributed by atoms with Gasteiger partial charge in [0.2, 0.25) is 0 Å². The predicted octanol–water partition coefficient (Wildman–Crippen LogP) is 3.22. The van der Waals surface area contributed by atoms with Gasteiger partial charge in [0.1, 0.15) is 11.2 Å². The Hall–Kier alpha value is -0.290. The SMILES string of the molecule is CCCN1CCOc2c1cc(Br)nc2Br. The van der Waals surface area contributed by atoms with Gasteiger partial charge < -0.3 is 9.64 Å². The van der Waals surface area contributed by atoms with Crippen LogP contribution < -0.4 is 9.64 Å². The molecule has 0 saturated carbocycles. The maximum absolute atomic E-state index is 5.61. The van der Waals surface area contributed by atoms with Gasteiger partial charge in [0.05, 0.1) is 12.2 Å². The molecule has 0 unspecified atom stereocenters. The van der Waals surface area contributed by atoms with Crippen LogP contribution in [0.2, 0.25) is 0 Å². The second kappa shape index (κ2) is 4.70. The fourth-order valence-corrected chi connectivity index (χ4v) is 2.85. The molecule has 5 heteroatoms. The molecule has 0 atom stereocenters. The molecule has 0 bridgehead atoms. The Balaban J connectivity index is 2.41. The number of halogens is 2. The fourth-order valence-electron chi connectivity index (χ4n) is 1.71. The smallest absolute Gasteiger partial charge is 0.175 e. The molecular weight excluding hydrogens is 324 g/mol. The Kier molecular flexibility index (Phi) is 3.51. The highest BCUT2D eigenvalue weighted by Gasteiger charge is 2.21. The summed E-state index contributed by atoms with van der Waals surface area (Å²) in [6.07, 6.45) is 1.14. The highest BCUT2D eigenvalue weighted by Crippen LogP contribution is 2.38. The first-order valence-electron chi connectivity index (χ1n) is 4.96. The Morgan fingerprint density at radius 2 is 2.33 bits per heavy atom. The lowest BCUT2D eigenvalue weighted by Gasteiger charge is -2.31. The molecule has 0 amide bonds. The highest BCUT2D eigenvalue weighted by molar-refractivity contribution is 9.11. The first-order chi connectivity index (χ1) is 7.22. The molecule has 1 aromatic heterocycles. The Morgan fingerprint density at radius 3 is 3.07 bits per heavy atom. The van der Waals surface area contributed by atoms with Gasteiger partial charge in [0.15, 0.2) is 10.4 Å². The van der Waals surface area contributed by atoms with Crippen molar-refractivity contribution in [3.05, 3.63) is 15.3 Å². The maximum Gasteiger partial charge on any atom is 0.175 e. The molecule has 0 saturated heterocycles. The summed E-state index contributed by atoms with van der Waals surface area (Å²) in [5, 5.41) is 0. The summed E-state index contributed by atoms with van der Waals surface area (Å²) < 4.78 is 7.22. The van der Waals surface area contributed by atoms with E-state index in [2.05, 4.69) is 48.7 Å². The second-order valence-electron chi connectivity index (χ2n) is 3.42. The number of hydrogen-bond donors (Lipinski definition) is 0. The van der Waals surface area contributed by atoms with Crippen molar-refractivity contribution in [2.75, 3.05) is 24.6 Å². The zero-order valence-electron chi connectivity index (χ0n) is 8.46. The van der Waals surface area contributed by atoms with E-state index in [1.807, 2.05) is 6.07 Å². The van der Waals surface area contributed by atoms with Crippen molar-refractivity contribution in [1.82, 2.24) is 4.98 Å². The topological polar surface area (TPSA) is 25.4 Å². The van der Waals surface area contributed by atoms with Gasteiger partial charge >= 0.3 is 0 Å². The minimum absolute atomic E-state index is 0.731. The summed E-state index contributed by atoms with van der Waals surface area (Å²) in [5.74, 6) is 0.859. The molecule has 2 heterocycles. The van der Waals surface area contributed by atoms with Crippen molar-refractivity contribution in [2.45, 2.75) is 13.3 Å². The van der Waals surface area contributed by atoms with Crippen molar-refractivity contribution < 1.29 is 4.74 Å². The minimum atomic E-state index is 0.731. The molecule has 0 N–H and O–H groups in total. The van der Waals surface area contributed by atoms with Crippen molar-refractivity contribution >= 4 is 37.5 Å². The average Bonchev–Trinajstić information content (AvgIpc) is 2.19. The molecule has 1 aromatic rings. The van der Waals surface area contributed by atoms with Crippen molar-refractivity contribution in [3.8, 4) is 5.75 Å². The van der Waals surface area contributed by atoms with Crippen LogP contribution in [0.15, 0.2) is 15.3 Å². The van der Waals surface area contributed by atoms with E-state index in [9.17, 15) is 0 Å². The van der Waals surface area contributed by atoms with Crippen LogP contribution in [0.5, 0.6) is 5.75 Å². The number of nitrogens with zero attached hydrogens (tertiary/aromatic N) is 2. The lowest BCUT2D eigenvalue weighted by Crippen LogP contribution is -2.33. The minimum Gasteiger partial charge on any atom is -0.487 e. The number of hydrogen-bond acceptors (Lipinski definition) is 3. The van der Waals surface area contributed by atoms with E-state index < -0.39 is 0 Å². The van der Waals surface area contributed by atoms with Crippen molar-refractivity contribution in [2.24, 2.45) is 0 Å². The molecule has 1 aliphatic heterocycles. The fraction of sp³-hybridized carbons (Fsp3) is 0.500. The summed E-state index contributed by atoms with van der Waals surface area (Å²) in [6.45, 7) is 4.91. The normalized spacial score (nSPS) is 14.7. The summed E-state index contributed by atoms with van der Waals surface area (Å²) in [7, 11) is 0. The van der Waals surface area contributed by atoms with E-state index in [1.54, 1.807) is 0 Å². The molecule has 1 aliphatic rings. The molecular formula is C10H12Br2N2O. The first kappa shape index (κ1) is 11.2. The van der Waals surface area contributed by atoms with Crippen LogP contribution in [0.1, 0.15) is 13.3 Å². The number of aromatic nitrogens is 1. The second-order valence-corrected chi connectivity index (χ2v) is 4.98. The predicted molar refractivity (Wildman–Crippen MR) is 67.6 cm³/mol. The van der Waals surface area contributed by atoms with Gasteiger partial charge in [-0.05, 0) is 44.3 Å². The number of pyridine rings is 1. The Morgan fingerprint density at radius 1 is 1.53 bits per heavy atom. The number of ether oxygens (including phenoxy) is 1. The third-order valence-corrected chi connectivity index (χ3v) is 3.27. The van der Waals surface area contributed by atoms with Gasteiger partial charge in [0, 0.05) is 6.54 Å². The lowest BCUT2D eigenvalue weighted by molar-refractivity contribution is 0.303. The largest absolute Gasteiger partial charge is 0.487 e. The van der Waals surface area contributed by atoms with E-state index in [-0.39, 0.29) is 0 Å². The van der Waals surface area contributed by atoms with E-state index in [0.29, 0.717) is 0 Å². The zero-order valence-corrected chi connectivity index (χ0v) is 11.6. The molecule has 82 valence electrons. The van der Waals surface area contributed by atoms with Gasteiger partial charge in [-0.25, -0.2) is 4.98 Å². The van der Waals surface area contributed by atoms with Gasteiger partial charge in [-0.2, -0.15) is 0 Å². The van der Waals surface area contributed by atoms with Gasteiger partial charge in [-0.3, -0.25) is 0 Å². The molecule has 3 nitrogen and oxygen atoms in total. The van der Waals surface area contributed by atoms with Crippen molar-refractivity contribution in [1.29, 1.82) is 0 Å². The van der Waals surface area contributed by atoms with Crippen LogP contribution in [0.25, 0.3) is 0 Å². The van der Waals surface area contributed by atoms with Crippen LogP contribution in [0.4, 0.5) is 5.69 Å². The van der Waals surface area contributed by atoms with E-state index in [0.717, 1.165) is 46.8 Å². The number of rotatable bonds is 2. The molecule has 2 rings (SSSR count). The van der Waals surface area contributed by atoms with Crippen LogP contribution in [0, 0.1) is 0 Å². The summed E-state index contributed by atoms with van der Waals surface area (Å²) in [5.41, 5.74) is 1.12. The van der Waals surface area contributed by atoms with Crippen LogP contribution in [-0.4, -0.2) is 24.7 Å². The monoisotopic (exact) mass is 334 g/mol. The van der Waals surface area contributed by atoms with Crippen LogP contribution in [0.3, 0.4) is 0 Å². The molecule has 0 aromatic carbocycles. The third-order valence-electron chi connectivity index (χ3n) is 2.32. The van der Waals surface area contributed by atoms with Crippen LogP contribution in [-0.2, 0) is 0 Å². The zero-order chi connectivity index (χ0) is 10.8. The van der Waals surface area contributed by atoms with E-state index in [1.165, 1.54) is 0 Å². The summed E-state index contributed by atoms with van der Waals surface area (Å²) in [6, 6.07) is 2.01. The quantitative estimate of drug-likeness (QED) is 0.776. The first-order valence-corrected chi connectivity index (χ1v) is 6.54. The lowest BCUT2D eigenvalue weighted by atomic mass is 10.2. The van der Waals surface area contributed by atoms with E-state index in [4.69, 9.17) is 4.74 Å². The summed E-state index contributed by atoms with van der Waals surface area (Å²) in [4.78, 5) is 6.59. The molecule has 0 aliphatic carbocycles. The Bertz CT molecular complexity index is 371. The Labute approximate surface area is 106 Å². The van der Waals surface area contributed by atoms with Gasteiger partial charge in [-0.1, -0.05) is 6.92 Å². The highest BCUT2D eigenvalue weighted by atomic mass is 79.9. The summed E-state index contributed by atoms with van der Waals surface area (Å²) >= 11 is 6.82.